The van der Waals surface area contributed by atoms with Gasteiger partial charge < -0.3 is 0 Å². The summed E-state index contributed by atoms with van der Waals surface area (Å²) < 4.78 is 3.11. The van der Waals surface area contributed by atoms with Crippen LogP contribution in [0.1, 0.15) is 5.56 Å². The van der Waals surface area contributed by atoms with Crippen LogP contribution in [0.15, 0.2) is 27.9 Å². The summed E-state index contributed by atoms with van der Waals surface area (Å²) >= 11 is 0.874. The first-order valence-corrected chi connectivity index (χ1v) is 6.69. The fourth-order valence-corrected chi connectivity index (χ4v) is 2.87. The van der Waals surface area contributed by atoms with Crippen LogP contribution in [0.3, 0.4) is 0 Å². The lowest BCUT2D eigenvalue weighted by Gasteiger charge is -1.98. The zero-order valence-corrected chi connectivity index (χ0v) is 11.7. The van der Waals surface area contributed by atoms with Crippen LogP contribution >= 0.6 is 11.8 Å². The Balaban J connectivity index is 2.13. The highest BCUT2D eigenvalue weighted by atomic mass is 32.2. The van der Waals surface area contributed by atoms with Gasteiger partial charge in [-0.05, 0) is 35.5 Å². The molecule has 2 amide bonds. The number of aromatic nitrogens is 2. The monoisotopic (exact) mass is 289 g/mol. The Morgan fingerprint density at radius 2 is 1.80 bits per heavy atom. The summed E-state index contributed by atoms with van der Waals surface area (Å²) in [4.78, 5) is 34.8. The molecule has 1 aliphatic rings. The number of nitrogens with zero attached hydrogens (tertiary/aromatic N) is 2. The molecule has 1 aliphatic heterocycles. The Bertz CT molecular complexity index is 844. The molecule has 2 aromatic rings. The normalized spacial score (nSPS) is 17.2. The molecule has 0 unspecified atom stereocenters. The van der Waals surface area contributed by atoms with Gasteiger partial charge in [0.05, 0.1) is 15.9 Å². The third-order valence-corrected chi connectivity index (χ3v) is 4.05. The van der Waals surface area contributed by atoms with E-state index in [1.807, 2.05) is 18.2 Å². The second-order valence-corrected chi connectivity index (χ2v) is 5.52. The fraction of sp³-hybridized carbons (Fsp3) is 0.154. The van der Waals surface area contributed by atoms with Gasteiger partial charge in [0.25, 0.3) is 11.1 Å². The second-order valence-electron chi connectivity index (χ2n) is 4.50. The van der Waals surface area contributed by atoms with Crippen LogP contribution in [0.4, 0.5) is 4.79 Å². The van der Waals surface area contributed by atoms with Crippen LogP contribution < -0.4 is 11.0 Å². The molecule has 0 saturated carbocycles. The Hall–Kier alpha value is -2.28. The van der Waals surface area contributed by atoms with Crippen molar-refractivity contribution in [3.8, 4) is 0 Å². The molecule has 3 rings (SSSR count). The average molecular weight is 289 g/mol. The van der Waals surface area contributed by atoms with Crippen LogP contribution in [0.5, 0.6) is 0 Å². The predicted octanol–water partition coefficient (Wildman–Crippen LogP) is 1.20. The molecule has 0 atom stereocenters. The highest BCUT2D eigenvalue weighted by Gasteiger charge is 2.24. The number of thioether (sulfide) groups is 1. The summed E-state index contributed by atoms with van der Waals surface area (Å²) in [5, 5.41) is 1.84. The van der Waals surface area contributed by atoms with Crippen LogP contribution in [-0.2, 0) is 18.9 Å². The molecule has 102 valence electrons. The molecule has 0 spiro atoms. The van der Waals surface area contributed by atoms with Crippen LogP contribution in [0.25, 0.3) is 17.1 Å². The molecule has 7 heteroatoms. The van der Waals surface area contributed by atoms with Crippen molar-refractivity contribution in [2.24, 2.45) is 14.1 Å². The number of carbonyl (C=O) groups is 2. The Labute approximate surface area is 118 Å². The lowest BCUT2D eigenvalue weighted by atomic mass is 10.2. The van der Waals surface area contributed by atoms with E-state index >= 15 is 0 Å². The standard InChI is InChI=1S/C13H11N3O3S/c1-15-8-4-3-7(5-9(8)16(2)13(15)19)6-10-11(17)14-12(18)20-10/h3-6H,1-2H3,(H,14,17,18). The minimum Gasteiger partial charge on any atom is -0.295 e. The van der Waals surface area contributed by atoms with Crippen molar-refractivity contribution in [2.45, 2.75) is 0 Å². The number of imidazole rings is 1. The highest BCUT2D eigenvalue weighted by Crippen LogP contribution is 2.26. The lowest BCUT2D eigenvalue weighted by Crippen LogP contribution is -2.19. The molecule has 1 fully saturated rings. The van der Waals surface area contributed by atoms with Crippen molar-refractivity contribution in [1.82, 2.24) is 14.5 Å². The first-order chi connectivity index (χ1) is 9.47. The first-order valence-electron chi connectivity index (χ1n) is 5.87. The number of hydrogen-bond donors (Lipinski definition) is 1. The van der Waals surface area contributed by atoms with E-state index in [4.69, 9.17) is 0 Å². The highest BCUT2D eigenvalue weighted by molar-refractivity contribution is 8.18. The summed E-state index contributed by atoms with van der Waals surface area (Å²) in [6.45, 7) is 0. The van der Waals surface area contributed by atoms with E-state index in [1.54, 1.807) is 29.3 Å². The Morgan fingerprint density at radius 3 is 2.45 bits per heavy atom. The summed E-state index contributed by atoms with van der Waals surface area (Å²) in [6.07, 6.45) is 1.64. The van der Waals surface area contributed by atoms with Gasteiger partial charge in [-0.3, -0.25) is 24.0 Å². The average Bonchev–Trinajstić information content (AvgIpc) is 2.83. The van der Waals surface area contributed by atoms with Crippen molar-refractivity contribution in [3.05, 3.63) is 39.2 Å². The van der Waals surface area contributed by atoms with Gasteiger partial charge in [-0.15, -0.1) is 0 Å². The van der Waals surface area contributed by atoms with Crippen molar-refractivity contribution in [2.75, 3.05) is 0 Å². The van der Waals surface area contributed by atoms with Crippen molar-refractivity contribution >= 4 is 40.0 Å². The maximum absolute atomic E-state index is 11.8. The maximum atomic E-state index is 11.8. The Kier molecular flexibility index (Phi) is 2.79. The second kappa shape index (κ2) is 4.38. The molecule has 1 aromatic carbocycles. The Morgan fingerprint density at radius 1 is 1.10 bits per heavy atom. The fourth-order valence-electron chi connectivity index (χ4n) is 2.19. The van der Waals surface area contributed by atoms with Crippen LogP contribution in [0, 0.1) is 0 Å². The van der Waals surface area contributed by atoms with E-state index in [0.717, 1.165) is 28.4 Å². The summed E-state index contributed by atoms with van der Waals surface area (Å²) in [5.41, 5.74) is 2.26. The number of fused-ring (bicyclic) bond motifs is 1. The van der Waals surface area contributed by atoms with Crippen molar-refractivity contribution in [1.29, 1.82) is 0 Å². The number of amides is 2. The quantitative estimate of drug-likeness (QED) is 0.801. The van der Waals surface area contributed by atoms with Gasteiger partial charge in [0.2, 0.25) is 0 Å². The van der Waals surface area contributed by atoms with Crippen molar-refractivity contribution in [3.63, 3.8) is 0 Å². The maximum Gasteiger partial charge on any atom is 0.328 e. The molecule has 1 aromatic heterocycles. The molecule has 1 N–H and O–H groups in total. The van der Waals surface area contributed by atoms with Gasteiger partial charge in [0.1, 0.15) is 0 Å². The summed E-state index contributed by atoms with van der Waals surface area (Å²) in [6, 6.07) is 5.45. The molecular weight excluding hydrogens is 278 g/mol. The number of nitrogens with one attached hydrogen (secondary N) is 1. The molecule has 1 saturated heterocycles. The lowest BCUT2D eigenvalue weighted by molar-refractivity contribution is -0.115. The van der Waals surface area contributed by atoms with E-state index in [-0.39, 0.29) is 16.8 Å². The number of imide groups is 1. The zero-order valence-electron chi connectivity index (χ0n) is 10.8. The first kappa shape index (κ1) is 12.7. The molecule has 2 heterocycles. The van der Waals surface area contributed by atoms with E-state index in [0.29, 0.717) is 4.91 Å². The minimum atomic E-state index is -0.387. The molecule has 0 aliphatic carbocycles. The number of aryl methyl sites for hydroxylation is 2. The van der Waals surface area contributed by atoms with Crippen molar-refractivity contribution < 1.29 is 9.59 Å². The van der Waals surface area contributed by atoms with Gasteiger partial charge in [0, 0.05) is 14.1 Å². The third kappa shape index (κ3) is 1.87. The summed E-state index contributed by atoms with van der Waals surface area (Å²) in [5.74, 6) is -0.387. The predicted molar refractivity (Wildman–Crippen MR) is 77.3 cm³/mol. The van der Waals surface area contributed by atoms with E-state index in [9.17, 15) is 14.4 Å². The smallest absolute Gasteiger partial charge is 0.295 e. The number of carbonyl (C=O) groups excluding carboxylic acids is 2. The van der Waals surface area contributed by atoms with Gasteiger partial charge in [-0.25, -0.2) is 4.79 Å². The molecule has 6 nitrogen and oxygen atoms in total. The number of benzene rings is 1. The third-order valence-electron chi connectivity index (χ3n) is 3.24. The van der Waals surface area contributed by atoms with Gasteiger partial charge in [-0.1, -0.05) is 6.07 Å². The van der Waals surface area contributed by atoms with Crippen LogP contribution in [0.2, 0.25) is 0 Å². The van der Waals surface area contributed by atoms with E-state index in [2.05, 4.69) is 5.32 Å². The van der Waals surface area contributed by atoms with Gasteiger partial charge in [0.15, 0.2) is 0 Å². The van der Waals surface area contributed by atoms with E-state index < -0.39 is 0 Å². The zero-order chi connectivity index (χ0) is 14.4. The topological polar surface area (TPSA) is 73.1 Å². The van der Waals surface area contributed by atoms with Gasteiger partial charge in [-0.2, -0.15) is 0 Å². The SMILES string of the molecule is Cn1c(=O)n(C)c2cc(C=C3SC(=O)NC3=O)ccc21. The largest absolute Gasteiger partial charge is 0.328 e. The molecule has 0 radical (unpaired) electrons. The van der Waals surface area contributed by atoms with E-state index in [1.165, 1.54) is 0 Å². The number of hydrogen-bond acceptors (Lipinski definition) is 4. The van der Waals surface area contributed by atoms with Crippen LogP contribution in [-0.4, -0.2) is 20.3 Å². The van der Waals surface area contributed by atoms with Gasteiger partial charge >= 0.3 is 5.69 Å². The molecule has 0 bridgehead atoms. The minimum absolute atomic E-state index is 0.104. The molecular formula is C13H11N3O3S. The number of rotatable bonds is 1. The summed E-state index contributed by atoms with van der Waals surface area (Å²) in [7, 11) is 3.41. The molecule has 20 heavy (non-hydrogen) atoms.